The zero-order valence-corrected chi connectivity index (χ0v) is 8.49. The van der Waals surface area contributed by atoms with Crippen molar-refractivity contribution >= 4 is 0 Å². The van der Waals surface area contributed by atoms with Gasteiger partial charge in [-0.15, -0.1) is 0 Å². The second-order valence-electron chi connectivity index (χ2n) is 4.02. The molecule has 0 aromatic heterocycles. The zero-order valence-electron chi connectivity index (χ0n) is 8.49. The Hall–Kier alpha value is -1.02. The predicted octanol–water partition coefficient (Wildman–Crippen LogP) is 2.14. The lowest BCUT2D eigenvalue weighted by atomic mass is 9.84. The van der Waals surface area contributed by atoms with E-state index in [-0.39, 0.29) is 0 Å². The molecule has 0 amide bonds. The molecule has 2 heteroatoms. The highest BCUT2D eigenvalue weighted by molar-refractivity contribution is 5.36. The number of methoxy groups -OCH3 is 1. The molecule has 2 rings (SSSR count). The Kier molecular flexibility index (Phi) is 2.73. The van der Waals surface area contributed by atoms with Crippen LogP contribution in [0.15, 0.2) is 18.2 Å². The van der Waals surface area contributed by atoms with Crippen LogP contribution in [0.1, 0.15) is 17.5 Å². The highest BCUT2D eigenvalue weighted by atomic mass is 16.5. The molecule has 1 aliphatic rings. The molecule has 0 radical (unpaired) electrons. The number of fused-ring (bicyclic) bond motifs is 1. The molecule has 14 heavy (non-hydrogen) atoms. The van der Waals surface area contributed by atoms with Crippen molar-refractivity contribution in [2.24, 2.45) is 5.92 Å². The van der Waals surface area contributed by atoms with Crippen LogP contribution < -0.4 is 0 Å². The van der Waals surface area contributed by atoms with Crippen LogP contribution in [0.5, 0.6) is 5.75 Å². The number of aromatic hydroxyl groups is 1. The maximum absolute atomic E-state index is 9.37. The first kappa shape index (κ1) is 9.53. The molecular weight excluding hydrogens is 176 g/mol. The first-order valence-corrected chi connectivity index (χ1v) is 5.09. The van der Waals surface area contributed by atoms with E-state index >= 15 is 0 Å². The maximum Gasteiger partial charge on any atom is 0.115 e. The fourth-order valence-electron chi connectivity index (χ4n) is 2.20. The minimum absolute atomic E-state index is 0.377. The summed E-state index contributed by atoms with van der Waals surface area (Å²) in [6.45, 7) is 0.828. The van der Waals surface area contributed by atoms with Crippen molar-refractivity contribution in [3.63, 3.8) is 0 Å². The molecule has 1 aromatic rings. The summed E-state index contributed by atoms with van der Waals surface area (Å²) in [6, 6.07) is 5.69. The molecule has 1 unspecified atom stereocenters. The van der Waals surface area contributed by atoms with Crippen LogP contribution in [0.4, 0.5) is 0 Å². The Balaban J connectivity index is 2.16. The van der Waals surface area contributed by atoms with Gasteiger partial charge in [-0.05, 0) is 48.4 Å². The number of benzene rings is 1. The Bertz CT molecular complexity index is 320. The quantitative estimate of drug-likeness (QED) is 0.778. The van der Waals surface area contributed by atoms with Crippen LogP contribution in [-0.2, 0) is 17.6 Å². The van der Waals surface area contributed by atoms with Crippen molar-refractivity contribution in [2.75, 3.05) is 13.7 Å². The fraction of sp³-hybridized carbons (Fsp3) is 0.500. The summed E-state index contributed by atoms with van der Waals surface area (Å²) in [5.74, 6) is 0.996. The molecule has 0 heterocycles. The van der Waals surface area contributed by atoms with Gasteiger partial charge in [0.2, 0.25) is 0 Å². The van der Waals surface area contributed by atoms with E-state index in [1.165, 1.54) is 17.5 Å². The number of phenols is 1. The van der Waals surface area contributed by atoms with Crippen LogP contribution in [0.2, 0.25) is 0 Å². The van der Waals surface area contributed by atoms with Gasteiger partial charge in [0, 0.05) is 13.7 Å². The van der Waals surface area contributed by atoms with E-state index in [4.69, 9.17) is 4.74 Å². The lowest BCUT2D eigenvalue weighted by molar-refractivity contribution is 0.145. The Morgan fingerprint density at radius 2 is 2.29 bits per heavy atom. The van der Waals surface area contributed by atoms with Gasteiger partial charge in [0.1, 0.15) is 5.75 Å². The van der Waals surface area contributed by atoms with Gasteiger partial charge < -0.3 is 9.84 Å². The van der Waals surface area contributed by atoms with Gasteiger partial charge in [-0.25, -0.2) is 0 Å². The van der Waals surface area contributed by atoms with Crippen molar-refractivity contribution in [3.8, 4) is 5.75 Å². The van der Waals surface area contributed by atoms with Gasteiger partial charge in [-0.1, -0.05) is 6.07 Å². The summed E-state index contributed by atoms with van der Waals surface area (Å²) in [5, 5.41) is 9.37. The first-order chi connectivity index (χ1) is 6.79. The summed E-state index contributed by atoms with van der Waals surface area (Å²) in [6.07, 6.45) is 3.35. The van der Waals surface area contributed by atoms with Crippen LogP contribution in [0.25, 0.3) is 0 Å². The summed E-state index contributed by atoms with van der Waals surface area (Å²) < 4.78 is 5.16. The molecule has 0 saturated heterocycles. The smallest absolute Gasteiger partial charge is 0.115 e. The average molecular weight is 192 g/mol. The third kappa shape index (κ3) is 1.90. The molecule has 2 nitrogen and oxygen atoms in total. The molecule has 1 aliphatic carbocycles. The number of phenolic OH excluding ortho intramolecular Hbond substituents is 1. The number of ether oxygens (including phenoxy) is 1. The highest BCUT2D eigenvalue weighted by Gasteiger charge is 2.18. The van der Waals surface area contributed by atoms with Crippen molar-refractivity contribution in [3.05, 3.63) is 29.3 Å². The van der Waals surface area contributed by atoms with Gasteiger partial charge in [0.05, 0.1) is 0 Å². The summed E-state index contributed by atoms with van der Waals surface area (Å²) >= 11 is 0. The van der Waals surface area contributed by atoms with Crippen LogP contribution >= 0.6 is 0 Å². The van der Waals surface area contributed by atoms with Crippen LogP contribution in [0, 0.1) is 5.92 Å². The standard InChI is InChI=1S/C12H16O2/c1-14-8-9-2-3-10-4-5-12(13)7-11(10)6-9/h4-5,7,9,13H,2-3,6,8H2,1H3. The summed E-state index contributed by atoms with van der Waals surface area (Å²) in [7, 11) is 1.75. The Labute approximate surface area is 84.5 Å². The molecule has 0 saturated carbocycles. The van der Waals surface area contributed by atoms with Crippen molar-refractivity contribution in [1.82, 2.24) is 0 Å². The second-order valence-corrected chi connectivity index (χ2v) is 4.02. The Morgan fingerprint density at radius 1 is 1.43 bits per heavy atom. The molecule has 1 N–H and O–H groups in total. The molecule has 76 valence electrons. The third-order valence-electron chi connectivity index (χ3n) is 2.92. The molecule has 0 fully saturated rings. The number of hydrogen-bond acceptors (Lipinski definition) is 2. The predicted molar refractivity (Wildman–Crippen MR) is 55.5 cm³/mol. The van der Waals surface area contributed by atoms with Gasteiger partial charge in [-0.2, -0.15) is 0 Å². The topological polar surface area (TPSA) is 29.5 Å². The SMILES string of the molecule is COCC1CCc2ccc(O)cc2C1. The average Bonchev–Trinajstić information content (AvgIpc) is 2.17. The highest BCUT2D eigenvalue weighted by Crippen LogP contribution is 2.28. The maximum atomic E-state index is 9.37. The van der Waals surface area contributed by atoms with Crippen LogP contribution in [-0.4, -0.2) is 18.8 Å². The van der Waals surface area contributed by atoms with E-state index in [2.05, 4.69) is 0 Å². The first-order valence-electron chi connectivity index (χ1n) is 5.09. The van der Waals surface area contributed by atoms with E-state index < -0.39 is 0 Å². The monoisotopic (exact) mass is 192 g/mol. The van der Waals surface area contributed by atoms with Crippen molar-refractivity contribution in [1.29, 1.82) is 0 Å². The largest absolute Gasteiger partial charge is 0.508 e. The normalized spacial score (nSPS) is 20.5. The van der Waals surface area contributed by atoms with Crippen molar-refractivity contribution < 1.29 is 9.84 Å². The number of rotatable bonds is 2. The lowest BCUT2D eigenvalue weighted by Crippen LogP contribution is -2.18. The number of aryl methyl sites for hydroxylation is 1. The zero-order chi connectivity index (χ0) is 9.97. The minimum Gasteiger partial charge on any atom is -0.508 e. The third-order valence-corrected chi connectivity index (χ3v) is 2.92. The van der Waals surface area contributed by atoms with E-state index in [0.29, 0.717) is 11.7 Å². The molecular formula is C12H16O2. The number of hydrogen-bond donors (Lipinski definition) is 1. The van der Waals surface area contributed by atoms with Gasteiger partial charge >= 0.3 is 0 Å². The van der Waals surface area contributed by atoms with Gasteiger partial charge in [0.25, 0.3) is 0 Å². The van der Waals surface area contributed by atoms with Crippen LogP contribution in [0.3, 0.4) is 0 Å². The van der Waals surface area contributed by atoms with E-state index in [9.17, 15) is 5.11 Å². The lowest BCUT2D eigenvalue weighted by Gasteiger charge is -2.23. The molecule has 0 bridgehead atoms. The Morgan fingerprint density at radius 3 is 3.07 bits per heavy atom. The van der Waals surface area contributed by atoms with E-state index in [1.54, 1.807) is 13.2 Å². The minimum atomic E-state index is 0.377. The van der Waals surface area contributed by atoms with Crippen molar-refractivity contribution in [2.45, 2.75) is 19.3 Å². The molecule has 0 spiro atoms. The summed E-state index contributed by atoms with van der Waals surface area (Å²) in [5.41, 5.74) is 2.67. The molecule has 0 aliphatic heterocycles. The van der Waals surface area contributed by atoms with Gasteiger partial charge in [-0.3, -0.25) is 0 Å². The van der Waals surface area contributed by atoms with Gasteiger partial charge in [0.15, 0.2) is 0 Å². The fourth-order valence-corrected chi connectivity index (χ4v) is 2.20. The van der Waals surface area contributed by atoms with E-state index in [1.807, 2.05) is 12.1 Å². The molecule has 1 aromatic carbocycles. The van der Waals surface area contributed by atoms with E-state index in [0.717, 1.165) is 19.4 Å². The second kappa shape index (κ2) is 4.01. The summed E-state index contributed by atoms with van der Waals surface area (Å²) in [4.78, 5) is 0. The molecule has 1 atom stereocenters.